The van der Waals surface area contributed by atoms with E-state index in [0.717, 1.165) is 16.7 Å². The molecule has 6 nitrogen and oxygen atoms in total. The van der Waals surface area contributed by atoms with Gasteiger partial charge in [0, 0.05) is 36.0 Å². The van der Waals surface area contributed by atoms with Gasteiger partial charge < -0.3 is 5.11 Å². The normalized spacial score (nSPS) is 13.0. The SMILES string of the molecule is CC(=CC(=O)O)c1ccc(C(CCNS(=O)(=O)c2ccc(Cl)cc2)c2cccnc2)cc1. The third kappa shape index (κ3) is 6.26. The fourth-order valence-electron chi connectivity index (χ4n) is 3.39. The summed E-state index contributed by atoms with van der Waals surface area (Å²) in [4.78, 5) is 15.3. The number of pyridine rings is 1. The van der Waals surface area contributed by atoms with Crippen molar-refractivity contribution in [3.05, 3.63) is 101 Å². The molecule has 1 unspecified atom stereocenters. The number of aromatic nitrogens is 1. The second kappa shape index (κ2) is 10.5. The summed E-state index contributed by atoms with van der Waals surface area (Å²) in [7, 11) is -3.65. The Morgan fingerprint density at radius 3 is 2.38 bits per heavy atom. The summed E-state index contributed by atoms with van der Waals surface area (Å²) in [5, 5.41) is 9.42. The number of carbonyl (C=O) groups is 1. The van der Waals surface area contributed by atoms with Crippen molar-refractivity contribution in [2.24, 2.45) is 0 Å². The molecule has 0 saturated heterocycles. The summed E-state index contributed by atoms with van der Waals surface area (Å²) in [6, 6.07) is 17.4. The molecule has 3 aromatic rings. The zero-order chi connectivity index (χ0) is 23.1. The maximum atomic E-state index is 12.6. The summed E-state index contributed by atoms with van der Waals surface area (Å²) in [6.07, 6.45) is 5.13. The number of halogens is 1. The van der Waals surface area contributed by atoms with Gasteiger partial charge in [0.2, 0.25) is 10.0 Å². The van der Waals surface area contributed by atoms with Gasteiger partial charge in [-0.15, -0.1) is 0 Å². The molecule has 32 heavy (non-hydrogen) atoms. The number of rotatable bonds is 9. The fraction of sp³-hybridized carbons (Fsp3) is 0.167. The predicted octanol–water partition coefficient (Wildman–Crippen LogP) is 4.72. The monoisotopic (exact) mass is 470 g/mol. The lowest BCUT2D eigenvalue weighted by atomic mass is 9.88. The zero-order valence-corrected chi connectivity index (χ0v) is 19.0. The molecule has 1 heterocycles. The van der Waals surface area contributed by atoms with E-state index in [1.54, 1.807) is 19.3 Å². The van der Waals surface area contributed by atoms with Gasteiger partial charge in [-0.2, -0.15) is 0 Å². The first kappa shape index (κ1) is 23.7. The van der Waals surface area contributed by atoms with E-state index in [-0.39, 0.29) is 17.4 Å². The molecule has 0 fully saturated rings. The molecule has 0 bridgehead atoms. The average Bonchev–Trinajstić information content (AvgIpc) is 2.77. The van der Waals surface area contributed by atoms with Crippen LogP contribution in [-0.2, 0) is 14.8 Å². The number of aliphatic carboxylic acids is 1. The number of benzene rings is 2. The summed E-state index contributed by atoms with van der Waals surface area (Å²) < 4.78 is 27.8. The maximum absolute atomic E-state index is 12.6. The van der Waals surface area contributed by atoms with Gasteiger partial charge in [0.05, 0.1) is 4.90 Å². The lowest BCUT2D eigenvalue weighted by Gasteiger charge is -2.19. The number of hydrogen-bond donors (Lipinski definition) is 2. The Hall–Kier alpha value is -3.00. The smallest absolute Gasteiger partial charge is 0.328 e. The summed E-state index contributed by atoms with van der Waals surface area (Å²) in [6.45, 7) is 1.97. The van der Waals surface area contributed by atoms with E-state index in [4.69, 9.17) is 16.7 Å². The molecule has 0 saturated carbocycles. The van der Waals surface area contributed by atoms with E-state index in [2.05, 4.69) is 9.71 Å². The number of allylic oxidation sites excluding steroid dienone is 1. The van der Waals surface area contributed by atoms with Crippen LogP contribution in [0.15, 0.2) is 84.0 Å². The van der Waals surface area contributed by atoms with E-state index in [9.17, 15) is 13.2 Å². The van der Waals surface area contributed by atoms with Crippen LogP contribution < -0.4 is 4.72 Å². The fourth-order valence-corrected chi connectivity index (χ4v) is 4.56. The molecular formula is C24H23ClN2O4S. The molecule has 0 spiro atoms. The van der Waals surface area contributed by atoms with E-state index >= 15 is 0 Å². The third-order valence-electron chi connectivity index (χ3n) is 5.04. The van der Waals surface area contributed by atoms with Gasteiger partial charge >= 0.3 is 5.97 Å². The lowest BCUT2D eigenvalue weighted by Crippen LogP contribution is -2.26. The van der Waals surface area contributed by atoms with Gasteiger partial charge in [0.15, 0.2) is 0 Å². The van der Waals surface area contributed by atoms with Gasteiger partial charge in [0.25, 0.3) is 0 Å². The first-order valence-corrected chi connectivity index (χ1v) is 11.8. The van der Waals surface area contributed by atoms with Crippen LogP contribution in [-0.4, -0.2) is 31.0 Å². The average molecular weight is 471 g/mol. The van der Waals surface area contributed by atoms with Crippen molar-refractivity contribution in [1.82, 2.24) is 9.71 Å². The molecule has 0 aliphatic carbocycles. The van der Waals surface area contributed by atoms with Gasteiger partial charge in [-0.25, -0.2) is 17.9 Å². The Bertz CT molecular complexity index is 1190. The van der Waals surface area contributed by atoms with Gasteiger partial charge in [-0.05, 0) is 65.9 Å². The molecule has 0 aliphatic rings. The Kier molecular flexibility index (Phi) is 7.80. The molecule has 1 aromatic heterocycles. The first-order chi connectivity index (χ1) is 15.3. The maximum Gasteiger partial charge on any atom is 0.328 e. The number of carboxylic acid groups (broad SMARTS) is 1. The lowest BCUT2D eigenvalue weighted by molar-refractivity contribution is -0.131. The van der Waals surface area contributed by atoms with Crippen molar-refractivity contribution >= 4 is 33.2 Å². The van der Waals surface area contributed by atoms with Crippen molar-refractivity contribution in [3.63, 3.8) is 0 Å². The van der Waals surface area contributed by atoms with Crippen molar-refractivity contribution in [2.45, 2.75) is 24.2 Å². The topological polar surface area (TPSA) is 96.4 Å². The van der Waals surface area contributed by atoms with Crippen LogP contribution in [0, 0.1) is 0 Å². The number of sulfonamides is 1. The zero-order valence-electron chi connectivity index (χ0n) is 17.4. The van der Waals surface area contributed by atoms with Crippen molar-refractivity contribution in [1.29, 1.82) is 0 Å². The van der Waals surface area contributed by atoms with Crippen molar-refractivity contribution < 1.29 is 18.3 Å². The van der Waals surface area contributed by atoms with Gasteiger partial charge in [-0.3, -0.25) is 4.98 Å². The molecule has 2 N–H and O–H groups in total. The molecule has 166 valence electrons. The van der Waals surface area contributed by atoms with E-state index in [0.29, 0.717) is 17.0 Å². The van der Waals surface area contributed by atoms with Crippen LogP contribution in [0.4, 0.5) is 0 Å². The Morgan fingerprint density at radius 1 is 1.09 bits per heavy atom. The van der Waals surface area contributed by atoms with Crippen LogP contribution >= 0.6 is 11.6 Å². The minimum Gasteiger partial charge on any atom is -0.478 e. The highest BCUT2D eigenvalue weighted by Crippen LogP contribution is 2.28. The van der Waals surface area contributed by atoms with Crippen molar-refractivity contribution in [3.8, 4) is 0 Å². The number of nitrogens with zero attached hydrogens (tertiary/aromatic N) is 1. The molecule has 0 amide bonds. The highest BCUT2D eigenvalue weighted by molar-refractivity contribution is 7.89. The second-order valence-electron chi connectivity index (χ2n) is 7.27. The molecule has 2 aromatic carbocycles. The van der Waals surface area contributed by atoms with E-state index in [1.807, 2.05) is 36.4 Å². The van der Waals surface area contributed by atoms with Crippen LogP contribution in [0.5, 0.6) is 0 Å². The van der Waals surface area contributed by atoms with Crippen LogP contribution in [0.1, 0.15) is 36.0 Å². The standard InChI is InChI=1S/C24H23ClN2O4S/c1-17(15-24(28)29)18-4-6-19(7-5-18)23(20-3-2-13-26-16-20)12-14-27-32(30,31)22-10-8-21(25)9-11-22/h2-11,13,15-16,23,27H,12,14H2,1H3,(H,28,29). The number of carboxylic acids is 1. The van der Waals surface area contributed by atoms with Crippen LogP contribution in [0.25, 0.3) is 5.57 Å². The third-order valence-corrected chi connectivity index (χ3v) is 6.77. The minimum absolute atomic E-state index is 0.0885. The number of hydrogen-bond acceptors (Lipinski definition) is 4. The van der Waals surface area contributed by atoms with Gasteiger partial charge in [-0.1, -0.05) is 41.9 Å². The highest BCUT2D eigenvalue weighted by Gasteiger charge is 2.18. The molecular weight excluding hydrogens is 448 g/mol. The predicted molar refractivity (Wildman–Crippen MR) is 125 cm³/mol. The first-order valence-electron chi connectivity index (χ1n) is 9.93. The second-order valence-corrected chi connectivity index (χ2v) is 9.47. The molecule has 3 rings (SSSR count). The Morgan fingerprint density at radius 2 is 1.78 bits per heavy atom. The molecule has 1 atom stereocenters. The van der Waals surface area contributed by atoms with Crippen LogP contribution in [0.2, 0.25) is 5.02 Å². The van der Waals surface area contributed by atoms with Crippen LogP contribution in [0.3, 0.4) is 0 Å². The van der Waals surface area contributed by atoms with E-state index < -0.39 is 16.0 Å². The molecule has 0 aliphatic heterocycles. The largest absolute Gasteiger partial charge is 0.478 e. The Balaban J connectivity index is 1.79. The van der Waals surface area contributed by atoms with Crippen molar-refractivity contribution in [2.75, 3.05) is 6.54 Å². The minimum atomic E-state index is -3.65. The summed E-state index contributed by atoms with van der Waals surface area (Å²) >= 11 is 5.84. The molecule has 0 radical (unpaired) electrons. The summed E-state index contributed by atoms with van der Waals surface area (Å²) in [5.41, 5.74) is 3.40. The number of nitrogens with one attached hydrogen (secondary N) is 1. The Labute approximate surface area is 192 Å². The summed E-state index contributed by atoms with van der Waals surface area (Å²) in [5.74, 6) is -1.08. The van der Waals surface area contributed by atoms with Gasteiger partial charge in [0.1, 0.15) is 0 Å². The quantitative estimate of drug-likeness (QED) is 0.441. The molecule has 8 heteroatoms. The highest BCUT2D eigenvalue weighted by atomic mass is 35.5. The van der Waals surface area contributed by atoms with E-state index in [1.165, 1.54) is 30.3 Å².